The molecule has 90 valence electrons. The Kier molecular flexibility index (Phi) is 2.87. The molecule has 1 aliphatic heterocycles. The molecule has 3 heteroatoms. The molecule has 0 spiro atoms. The molecule has 1 aromatic carbocycles. The summed E-state index contributed by atoms with van der Waals surface area (Å²) < 4.78 is 7.97. The minimum absolute atomic E-state index is 0.382. The number of nitrogens with two attached hydrogens (primary N) is 1. The number of benzene rings is 1. The highest BCUT2D eigenvalue weighted by molar-refractivity contribution is 5.83. The first-order chi connectivity index (χ1) is 8.38. The minimum atomic E-state index is 0.382. The van der Waals surface area contributed by atoms with Crippen LogP contribution < -0.4 is 5.73 Å². The Balaban J connectivity index is 1.94. The zero-order chi connectivity index (χ0) is 11.7. The second-order valence-corrected chi connectivity index (χ2v) is 4.66. The van der Waals surface area contributed by atoms with Gasteiger partial charge in [0.15, 0.2) is 0 Å². The van der Waals surface area contributed by atoms with Gasteiger partial charge in [0.2, 0.25) is 0 Å². The van der Waals surface area contributed by atoms with Gasteiger partial charge in [-0.25, -0.2) is 0 Å². The van der Waals surface area contributed by atoms with E-state index in [9.17, 15) is 0 Å². The van der Waals surface area contributed by atoms with E-state index >= 15 is 0 Å². The van der Waals surface area contributed by atoms with Crippen LogP contribution in [0.4, 0.5) is 0 Å². The molecule has 0 radical (unpaired) electrons. The lowest BCUT2D eigenvalue weighted by molar-refractivity contribution is 0.0980. The Morgan fingerprint density at radius 2 is 2.29 bits per heavy atom. The molecule has 0 saturated carbocycles. The maximum atomic E-state index is 5.75. The number of hydrogen-bond acceptors (Lipinski definition) is 2. The maximum absolute atomic E-state index is 5.75. The highest BCUT2D eigenvalue weighted by Gasteiger charge is 2.16. The van der Waals surface area contributed by atoms with E-state index in [4.69, 9.17) is 10.5 Å². The second-order valence-electron chi connectivity index (χ2n) is 4.66. The molecule has 17 heavy (non-hydrogen) atoms. The quantitative estimate of drug-likeness (QED) is 0.878. The van der Waals surface area contributed by atoms with Crippen LogP contribution in [0.15, 0.2) is 30.5 Å². The van der Waals surface area contributed by atoms with E-state index in [1.165, 1.54) is 29.3 Å². The van der Waals surface area contributed by atoms with E-state index in [0.29, 0.717) is 12.6 Å². The molecule has 2 N–H and O–H groups in total. The molecule has 1 aliphatic rings. The lowest BCUT2D eigenvalue weighted by atomic mass is 10.1. The van der Waals surface area contributed by atoms with Crippen molar-refractivity contribution < 1.29 is 4.74 Å². The first-order valence-electron chi connectivity index (χ1n) is 6.27. The Bertz CT molecular complexity index is 512. The SMILES string of the molecule is NCc1cccc2c1ccn2CC1CCCO1. The fraction of sp³-hybridized carbons (Fsp3) is 0.429. The van der Waals surface area contributed by atoms with Crippen molar-refractivity contribution in [2.24, 2.45) is 5.73 Å². The summed E-state index contributed by atoms with van der Waals surface area (Å²) in [6.07, 6.45) is 4.90. The molecular weight excluding hydrogens is 212 g/mol. The van der Waals surface area contributed by atoms with Crippen LogP contribution in [0.1, 0.15) is 18.4 Å². The summed E-state index contributed by atoms with van der Waals surface area (Å²) in [4.78, 5) is 0. The lowest BCUT2D eigenvalue weighted by Gasteiger charge is -2.12. The van der Waals surface area contributed by atoms with Gasteiger partial charge >= 0.3 is 0 Å². The summed E-state index contributed by atoms with van der Waals surface area (Å²) >= 11 is 0. The number of rotatable bonds is 3. The minimum Gasteiger partial charge on any atom is -0.376 e. The Morgan fingerprint density at radius 3 is 3.06 bits per heavy atom. The van der Waals surface area contributed by atoms with E-state index in [-0.39, 0.29) is 0 Å². The highest BCUT2D eigenvalue weighted by atomic mass is 16.5. The van der Waals surface area contributed by atoms with Crippen LogP contribution in [0.5, 0.6) is 0 Å². The number of fused-ring (bicyclic) bond motifs is 1. The van der Waals surface area contributed by atoms with Gasteiger partial charge < -0.3 is 15.0 Å². The van der Waals surface area contributed by atoms with Gasteiger partial charge in [0.1, 0.15) is 0 Å². The van der Waals surface area contributed by atoms with Crippen molar-refractivity contribution >= 4 is 10.9 Å². The largest absolute Gasteiger partial charge is 0.376 e. The monoisotopic (exact) mass is 230 g/mol. The molecule has 2 heterocycles. The fourth-order valence-electron chi connectivity index (χ4n) is 2.63. The molecule has 1 saturated heterocycles. The summed E-state index contributed by atoms with van der Waals surface area (Å²) in [6.45, 7) is 2.47. The average molecular weight is 230 g/mol. The lowest BCUT2D eigenvalue weighted by Crippen LogP contribution is -2.14. The van der Waals surface area contributed by atoms with Crippen molar-refractivity contribution in [2.45, 2.75) is 32.0 Å². The predicted octanol–water partition coefficient (Wildman–Crippen LogP) is 2.28. The van der Waals surface area contributed by atoms with E-state index < -0.39 is 0 Å². The smallest absolute Gasteiger partial charge is 0.0754 e. The van der Waals surface area contributed by atoms with Crippen LogP contribution in [0.2, 0.25) is 0 Å². The van der Waals surface area contributed by atoms with E-state index in [0.717, 1.165) is 13.2 Å². The summed E-state index contributed by atoms with van der Waals surface area (Å²) in [5.41, 5.74) is 8.24. The van der Waals surface area contributed by atoms with Gasteiger partial charge in [-0.2, -0.15) is 0 Å². The fourth-order valence-corrected chi connectivity index (χ4v) is 2.63. The first-order valence-corrected chi connectivity index (χ1v) is 6.27. The van der Waals surface area contributed by atoms with Crippen LogP contribution in [0.25, 0.3) is 10.9 Å². The molecule has 2 aromatic rings. The second kappa shape index (κ2) is 4.51. The number of hydrogen-bond donors (Lipinski definition) is 1. The molecule has 1 atom stereocenters. The summed E-state index contributed by atoms with van der Waals surface area (Å²) in [5, 5.41) is 1.27. The van der Waals surface area contributed by atoms with Crippen LogP contribution >= 0.6 is 0 Å². The molecule has 1 unspecified atom stereocenters. The topological polar surface area (TPSA) is 40.2 Å². The third-order valence-corrected chi connectivity index (χ3v) is 3.55. The zero-order valence-corrected chi connectivity index (χ0v) is 9.93. The van der Waals surface area contributed by atoms with Crippen LogP contribution in [0, 0.1) is 0 Å². The van der Waals surface area contributed by atoms with Crippen molar-refractivity contribution in [2.75, 3.05) is 6.61 Å². The van der Waals surface area contributed by atoms with Crippen molar-refractivity contribution in [3.63, 3.8) is 0 Å². The van der Waals surface area contributed by atoms with E-state index in [1.54, 1.807) is 0 Å². The Labute approximate surface area is 101 Å². The molecule has 1 aromatic heterocycles. The third-order valence-electron chi connectivity index (χ3n) is 3.55. The van der Waals surface area contributed by atoms with Gasteiger partial charge in [0.05, 0.1) is 6.10 Å². The molecule has 0 amide bonds. The van der Waals surface area contributed by atoms with Gasteiger partial charge in [0, 0.05) is 36.8 Å². The third kappa shape index (κ3) is 1.96. The molecule has 0 bridgehead atoms. The van der Waals surface area contributed by atoms with Crippen LogP contribution in [-0.2, 0) is 17.8 Å². The number of aromatic nitrogens is 1. The predicted molar refractivity (Wildman–Crippen MR) is 68.8 cm³/mol. The first kappa shape index (κ1) is 10.8. The van der Waals surface area contributed by atoms with E-state index in [1.807, 2.05) is 0 Å². The Morgan fingerprint density at radius 1 is 1.35 bits per heavy atom. The molecule has 3 nitrogen and oxygen atoms in total. The van der Waals surface area contributed by atoms with Crippen molar-refractivity contribution in [1.29, 1.82) is 0 Å². The standard InChI is InChI=1S/C14H18N2O/c15-9-11-3-1-5-14-13(11)6-7-16(14)10-12-4-2-8-17-12/h1,3,5-7,12H,2,4,8-10,15H2. The average Bonchev–Trinajstić information content (AvgIpc) is 2.99. The van der Waals surface area contributed by atoms with Gasteiger partial charge in [-0.05, 0) is 30.5 Å². The van der Waals surface area contributed by atoms with Gasteiger partial charge in [0.25, 0.3) is 0 Å². The molecule has 0 aliphatic carbocycles. The zero-order valence-electron chi connectivity index (χ0n) is 9.93. The van der Waals surface area contributed by atoms with Crippen molar-refractivity contribution in [3.05, 3.63) is 36.0 Å². The highest BCUT2D eigenvalue weighted by Crippen LogP contribution is 2.22. The maximum Gasteiger partial charge on any atom is 0.0754 e. The van der Waals surface area contributed by atoms with Gasteiger partial charge in [-0.1, -0.05) is 12.1 Å². The van der Waals surface area contributed by atoms with Crippen molar-refractivity contribution in [1.82, 2.24) is 4.57 Å². The summed E-state index contributed by atoms with van der Waals surface area (Å²) in [7, 11) is 0. The van der Waals surface area contributed by atoms with Gasteiger partial charge in [-0.15, -0.1) is 0 Å². The molecule has 1 fully saturated rings. The van der Waals surface area contributed by atoms with Crippen LogP contribution in [-0.4, -0.2) is 17.3 Å². The van der Waals surface area contributed by atoms with E-state index in [2.05, 4.69) is 35.0 Å². The van der Waals surface area contributed by atoms with Gasteiger partial charge in [-0.3, -0.25) is 0 Å². The Hall–Kier alpha value is -1.32. The number of ether oxygens (including phenoxy) is 1. The van der Waals surface area contributed by atoms with Crippen molar-refractivity contribution in [3.8, 4) is 0 Å². The normalized spacial score (nSPS) is 20.2. The molecule has 3 rings (SSSR count). The number of nitrogens with zero attached hydrogens (tertiary/aromatic N) is 1. The van der Waals surface area contributed by atoms with Crippen LogP contribution in [0.3, 0.4) is 0 Å². The molecular formula is C14H18N2O. The summed E-state index contributed by atoms with van der Waals surface area (Å²) in [5.74, 6) is 0. The summed E-state index contributed by atoms with van der Waals surface area (Å²) in [6, 6.07) is 8.49.